The highest BCUT2D eigenvalue weighted by atomic mass is 16.6. The first kappa shape index (κ1) is 26.3. The number of hydrogen-bond acceptors (Lipinski definition) is 4. The minimum absolute atomic E-state index is 0.163. The van der Waals surface area contributed by atoms with Gasteiger partial charge < -0.3 is 19.6 Å². The molecule has 1 aromatic rings. The van der Waals surface area contributed by atoms with Crippen LogP contribution in [0.4, 0.5) is 4.79 Å². The molecule has 6 heteroatoms. The summed E-state index contributed by atoms with van der Waals surface area (Å²) in [5.74, 6) is 0.476. The van der Waals surface area contributed by atoms with E-state index in [1.807, 2.05) is 35.2 Å². The standard InChI is InChI=1S/C28H42N2O4/c1-4-14-30(28(33)34-20-22-8-6-5-7-9-22)25-12-15-29(16-13-25)19-23-10-11-24(18-23)26(27(31)32)17-21(2)3/h4-9,21,23-26H,1,10-20H2,2-3H3,(H,31,32). The summed E-state index contributed by atoms with van der Waals surface area (Å²) in [7, 11) is 0. The molecule has 1 aliphatic heterocycles. The smallest absolute Gasteiger partial charge is 0.410 e. The van der Waals surface area contributed by atoms with Crippen LogP contribution < -0.4 is 0 Å². The maximum Gasteiger partial charge on any atom is 0.410 e. The number of benzene rings is 1. The van der Waals surface area contributed by atoms with Crippen molar-refractivity contribution in [2.45, 2.75) is 65.0 Å². The summed E-state index contributed by atoms with van der Waals surface area (Å²) in [6, 6.07) is 9.91. The molecule has 188 valence electrons. The molecule has 3 atom stereocenters. The van der Waals surface area contributed by atoms with Crippen LogP contribution >= 0.6 is 0 Å². The number of piperidine rings is 1. The number of aliphatic carboxylic acids is 1. The molecule has 1 saturated carbocycles. The number of carboxylic acid groups (broad SMARTS) is 1. The molecule has 6 nitrogen and oxygen atoms in total. The normalized spacial score (nSPS) is 22.4. The molecule has 2 fully saturated rings. The van der Waals surface area contributed by atoms with Crippen LogP contribution in [-0.4, -0.2) is 59.2 Å². The van der Waals surface area contributed by atoms with Gasteiger partial charge in [0.1, 0.15) is 6.61 Å². The van der Waals surface area contributed by atoms with Gasteiger partial charge in [0.2, 0.25) is 0 Å². The van der Waals surface area contributed by atoms with Crippen LogP contribution in [0, 0.1) is 23.7 Å². The SMILES string of the molecule is C=CCN(C(=O)OCc1ccccc1)C1CCN(CC2CCC(C(CC(C)C)C(=O)O)C2)CC1. The quantitative estimate of drug-likeness (QED) is 0.436. The number of rotatable bonds is 11. The summed E-state index contributed by atoms with van der Waals surface area (Å²) in [4.78, 5) is 28.9. The molecular formula is C28H42N2O4. The first-order chi connectivity index (χ1) is 16.4. The molecule has 0 aromatic heterocycles. The lowest BCUT2D eigenvalue weighted by molar-refractivity contribution is -0.144. The number of hydrogen-bond donors (Lipinski definition) is 1. The third-order valence-corrected chi connectivity index (χ3v) is 7.47. The number of ether oxygens (including phenoxy) is 1. The van der Waals surface area contributed by atoms with Gasteiger partial charge in [-0.3, -0.25) is 4.79 Å². The Kier molecular flexibility index (Phi) is 10.00. The zero-order chi connectivity index (χ0) is 24.5. The molecule has 1 heterocycles. The Morgan fingerprint density at radius 2 is 1.88 bits per heavy atom. The second-order valence-electron chi connectivity index (χ2n) is 10.5. The first-order valence-electron chi connectivity index (χ1n) is 12.9. The van der Waals surface area contributed by atoms with Gasteiger partial charge >= 0.3 is 12.1 Å². The minimum Gasteiger partial charge on any atom is -0.481 e. The molecule has 3 rings (SSSR count). The van der Waals surface area contributed by atoms with E-state index in [0.717, 1.165) is 63.7 Å². The summed E-state index contributed by atoms with van der Waals surface area (Å²) in [6.07, 6.45) is 7.31. The summed E-state index contributed by atoms with van der Waals surface area (Å²) < 4.78 is 5.59. The zero-order valence-electron chi connectivity index (χ0n) is 20.9. The second-order valence-corrected chi connectivity index (χ2v) is 10.5. The van der Waals surface area contributed by atoms with Crippen LogP contribution in [0.3, 0.4) is 0 Å². The van der Waals surface area contributed by atoms with E-state index in [1.54, 1.807) is 6.08 Å². The number of nitrogens with zero attached hydrogens (tertiary/aromatic N) is 2. The molecule has 2 aliphatic rings. The van der Waals surface area contributed by atoms with E-state index in [-0.39, 0.29) is 24.7 Å². The molecule has 0 bridgehead atoms. The van der Waals surface area contributed by atoms with Crippen molar-refractivity contribution < 1.29 is 19.4 Å². The first-order valence-corrected chi connectivity index (χ1v) is 12.9. The highest BCUT2D eigenvalue weighted by Crippen LogP contribution is 2.39. The maximum absolute atomic E-state index is 12.8. The van der Waals surface area contributed by atoms with Gasteiger partial charge in [-0.25, -0.2) is 4.79 Å². The Morgan fingerprint density at radius 3 is 2.50 bits per heavy atom. The van der Waals surface area contributed by atoms with Crippen molar-refractivity contribution in [2.24, 2.45) is 23.7 Å². The van der Waals surface area contributed by atoms with Gasteiger partial charge in [0, 0.05) is 32.2 Å². The molecule has 1 amide bonds. The topological polar surface area (TPSA) is 70.1 Å². The van der Waals surface area contributed by atoms with Crippen LogP contribution in [0.2, 0.25) is 0 Å². The van der Waals surface area contributed by atoms with Gasteiger partial charge in [-0.15, -0.1) is 6.58 Å². The Bertz CT molecular complexity index is 789. The van der Waals surface area contributed by atoms with Crippen LogP contribution in [0.15, 0.2) is 43.0 Å². The van der Waals surface area contributed by atoms with E-state index in [1.165, 1.54) is 0 Å². The predicted octanol–water partition coefficient (Wildman–Crippen LogP) is 5.44. The number of carboxylic acids is 1. The second kappa shape index (κ2) is 12.9. The lowest BCUT2D eigenvalue weighted by Crippen LogP contribution is -2.48. The van der Waals surface area contributed by atoms with Crippen LogP contribution in [0.25, 0.3) is 0 Å². The Morgan fingerprint density at radius 1 is 1.18 bits per heavy atom. The van der Waals surface area contributed by atoms with E-state index >= 15 is 0 Å². The van der Waals surface area contributed by atoms with Gasteiger partial charge in [0.05, 0.1) is 5.92 Å². The predicted molar refractivity (Wildman–Crippen MR) is 134 cm³/mol. The number of amides is 1. The van der Waals surface area contributed by atoms with Gasteiger partial charge in [0.25, 0.3) is 0 Å². The van der Waals surface area contributed by atoms with E-state index in [4.69, 9.17) is 4.74 Å². The van der Waals surface area contributed by atoms with Crippen LogP contribution in [0.1, 0.15) is 57.9 Å². The molecule has 1 N–H and O–H groups in total. The van der Waals surface area contributed by atoms with Crippen molar-refractivity contribution in [1.29, 1.82) is 0 Å². The largest absolute Gasteiger partial charge is 0.481 e. The third-order valence-electron chi connectivity index (χ3n) is 7.47. The molecule has 34 heavy (non-hydrogen) atoms. The van der Waals surface area contributed by atoms with Gasteiger partial charge in [-0.05, 0) is 61.8 Å². The van der Waals surface area contributed by atoms with Gasteiger partial charge in [-0.2, -0.15) is 0 Å². The average molecular weight is 471 g/mol. The highest BCUT2D eigenvalue weighted by Gasteiger charge is 2.36. The number of carbonyl (C=O) groups excluding carboxylic acids is 1. The fraction of sp³-hybridized carbons (Fsp3) is 0.643. The molecule has 0 radical (unpaired) electrons. The summed E-state index contributed by atoms with van der Waals surface area (Å²) >= 11 is 0. The van der Waals surface area contributed by atoms with E-state index < -0.39 is 5.97 Å². The van der Waals surface area contributed by atoms with Crippen molar-refractivity contribution in [3.8, 4) is 0 Å². The Balaban J connectivity index is 1.45. The van der Waals surface area contributed by atoms with E-state index in [0.29, 0.717) is 24.3 Å². The fourth-order valence-corrected chi connectivity index (χ4v) is 5.74. The van der Waals surface area contributed by atoms with Gasteiger partial charge in [-0.1, -0.05) is 50.3 Å². The Labute approximate surface area is 205 Å². The van der Waals surface area contributed by atoms with Crippen molar-refractivity contribution in [3.05, 3.63) is 48.6 Å². The Hall–Kier alpha value is -2.34. The molecule has 0 spiro atoms. The number of likely N-dealkylation sites (tertiary alicyclic amines) is 1. The number of carbonyl (C=O) groups is 2. The molecule has 1 saturated heterocycles. The third kappa shape index (κ3) is 7.59. The monoisotopic (exact) mass is 470 g/mol. The van der Waals surface area contributed by atoms with Crippen molar-refractivity contribution in [2.75, 3.05) is 26.2 Å². The van der Waals surface area contributed by atoms with Gasteiger partial charge in [0.15, 0.2) is 0 Å². The molecule has 1 aromatic carbocycles. The van der Waals surface area contributed by atoms with E-state index in [9.17, 15) is 14.7 Å². The minimum atomic E-state index is -0.623. The van der Waals surface area contributed by atoms with Crippen molar-refractivity contribution in [1.82, 2.24) is 9.80 Å². The lowest BCUT2D eigenvalue weighted by Gasteiger charge is -2.38. The summed E-state index contributed by atoms with van der Waals surface area (Å²) in [5.41, 5.74) is 0.984. The highest BCUT2D eigenvalue weighted by molar-refractivity contribution is 5.70. The molecule has 1 aliphatic carbocycles. The molecule has 3 unspecified atom stereocenters. The van der Waals surface area contributed by atoms with Crippen LogP contribution in [-0.2, 0) is 16.1 Å². The summed E-state index contributed by atoms with van der Waals surface area (Å²) in [6.45, 7) is 11.8. The average Bonchev–Trinajstić information content (AvgIpc) is 3.28. The maximum atomic E-state index is 12.8. The summed E-state index contributed by atoms with van der Waals surface area (Å²) in [5, 5.41) is 9.70. The molecular weight excluding hydrogens is 428 g/mol. The van der Waals surface area contributed by atoms with Crippen molar-refractivity contribution >= 4 is 12.1 Å². The van der Waals surface area contributed by atoms with E-state index in [2.05, 4.69) is 25.3 Å². The lowest BCUT2D eigenvalue weighted by atomic mass is 9.84. The van der Waals surface area contributed by atoms with Crippen LogP contribution in [0.5, 0.6) is 0 Å². The fourth-order valence-electron chi connectivity index (χ4n) is 5.74. The van der Waals surface area contributed by atoms with Crippen molar-refractivity contribution in [3.63, 3.8) is 0 Å². The zero-order valence-corrected chi connectivity index (χ0v) is 20.9.